The maximum absolute atomic E-state index is 2.36. The largest absolute Gasteiger partial charge is 0.0735 e. The summed E-state index contributed by atoms with van der Waals surface area (Å²) in [6.45, 7) is 7.00. The molecule has 0 unspecified atom stereocenters. The summed E-state index contributed by atoms with van der Waals surface area (Å²) in [5.74, 6) is 0. The molecule has 0 aromatic carbocycles. The predicted molar refractivity (Wildman–Crippen MR) is 33.9 cm³/mol. The van der Waals surface area contributed by atoms with Crippen LogP contribution in [-0.4, -0.2) is 18.3 Å². The topological polar surface area (TPSA) is 0 Å². The summed E-state index contributed by atoms with van der Waals surface area (Å²) in [7, 11) is 1.31. The van der Waals surface area contributed by atoms with Crippen molar-refractivity contribution in [2.24, 2.45) is 0 Å². The number of rotatable bonds is 2. The lowest BCUT2D eigenvalue weighted by Crippen LogP contribution is -2.01. The van der Waals surface area contributed by atoms with Crippen molar-refractivity contribution in [2.75, 3.05) is 0 Å². The van der Waals surface area contributed by atoms with Crippen LogP contribution in [0.25, 0.3) is 0 Å². The van der Waals surface area contributed by atoms with Gasteiger partial charge in [-0.15, -0.1) is 0 Å². The van der Waals surface area contributed by atoms with Gasteiger partial charge >= 0.3 is 0 Å². The lowest BCUT2D eigenvalue weighted by molar-refractivity contribution is 1.78. The van der Waals surface area contributed by atoms with E-state index in [1.54, 1.807) is 0 Å². The van der Waals surface area contributed by atoms with E-state index in [9.17, 15) is 0 Å². The van der Waals surface area contributed by atoms with E-state index in [0.717, 1.165) is 0 Å². The fourth-order valence-corrected chi connectivity index (χ4v) is 3.18. The fourth-order valence-electron chi connectivity index (χ4n) is 0.354. The Morgan fingerprint density at radius 1 is 1.50 bits per heavy atom. The molecule has 0 heterocycles. The third kappa shape index (κ3) is 4.43. The maximum atomic E-state index is 2.36. The van der Waals surface area contributed by atoms with Gasteiger partial charge in [-0.05, 0) is 0 Å². The Morgan fingerprint density at radius 2 is 2.00 bits per heavy atom. The summed E-state index contributed by atoms with van der Waals surface area (Å²) in [4.78, 5) is 0. The molecule has 0 aliphatic heterocycles. The average molecular weight is 115 g/mol. The summed E-state index contributed by atoms with van der Waals surface area (Å²) >= 11 is 0. The lowest BCUT2D eigenvalue weighted by Gasteiger charge is -1.92. The van der Waals surface area contributed by atoms with E-state index in [2.05, 4.69) is 19.6 Å². The monoisotopic (exact) mass is 115 g/mol. The molecule has 0 amide bonds. The van der Waals surface area contributed by atoms with Gasteiger partial charge in [0.25, 0.3) is 0 Å². The van der Waals surface area contributed by atoms with Crippen molar-refractivity contribution in [1.82, 2.24) is 0 Å². The third-order valence-corrected chi connectivity index (χ3v) is 4.77. The third-order valence-electron chi connectivity index (χ3n) is 0.530. The van der Waals surface area contributed by atoms with E-state index in [4.69, 9.17) is 0 Å². The summed E-state index contributed by atoms with van der Waals surface area (Å²) < 4.78 is 0. The van der Waals surface area contributed by atoms with Crippen molar-refractivity contribution in [2.45, 2.75) is 25.3 Å². The van der Waals surface area contributed by atoms with Crippen molar-refractivity contribution >= 4 is 18.3 Å². The minimum absolute atomic E-state index is 0.127. The van der Waals surface area contributed by atoms with Gasteiger partial charge in [-0.25, -0.2) is 0 Å². The molecule has 0 spiro atoms. The maximum Gasteiger partial charge on any atom is 0.0380 e. The number of hydrogen-bond donors (Lipinski definition) is 0. The molecule has 0 atom stereocenters. The Kier molecular flexibility index (Phi) is 3.88. The van der Waals surface area contributed by atoms with Crippen molar-refractivity contribution < 1.29 is 0 Å². The van der Waals surface area contributed by atoms with Gasteiger partial charge in [-0.2, -0.15) is 0 Å². The normalized spacial score (nSPS) is 10.0. The highest BCUT2D eigenvalue weighted by Crippen LogP contribution is 1.84. The van der Waals surface area contributed by atoms with E-state index < -0.39 is 0 Å². The second-order valence-corrected chi connectivity index (χ2v) is 6.27. The van der Waals surface area contributed by atoms with Crippen LogP contribution < -0.4 is 0 Å². The molecule has 0 aliphatic carbocycles. The molecule has 0 bridgehead atoms. The summed E-state index contributed by atoms with van der Waals surface area (Å²) in [6.07, 6.45) is 0. The highest BCUT2D eigenvalue weighted by molar-refractivity contribution is 6.67. The molecule has 0 saturated heterocycles. The van der Waals surface area contributed by atoms with Crippen LogP contribution in [0.1, 0.15) is 0 Å². The van der Waals surface area contributed by atoms with E-state index in [1.165, 1.54) is 15.2 Å². The van der Waals surface area contributed by atoms with Crippen molar-refractivity contribution in [3.8, 4) is 0 Å². The molecule has 0 rings (SSSR count). The van der Waals surface area contributed by atoms with E-state index in [1.807, 2.05) is 0 Å². The Balaban J connectivity index is 2.63. The van der Waals surface area contributed by atoms with Crippen LogP contribution >= 0.6 is 0 Å². The second-order valence-electron chi connectivity index (χ2n) is 1.74. The van der Waals surface area contributed by atoms with Crippen LogP contribution in [0.5, 0.6) is 0 Å². The van der Waals surface area contributed by atoms with Gasteiger partial charge in [0.05, 0.1) is 0 Å². The SMILES string of the molecule is C[Si]C[Si](C)C. The molecular weight excluding hydrogens is 104 g/mol. The summed E-state index contributed by atoms with van der Waals surface area (Å²) in [5, 5.41) is 0. The van der Waals surface area contributed by atoms with E-state index in [0.29, 0.717) is 0 Å². The highest BCUT2D eigenvalue weighted by atomic mass is 28.3. The van der Waals surface area contributed by atoms with Gasteiger partial charge in [-0.3, -0.25) is 0 Å². The van der Waals surface area contributed by atoms with Crippen molar-refractivity contribution in [1.29, 1.82) is 0 Å². The zero-order chi connectivity index (χ0) is 4.99. The first-order valence-electron chi connectivity index (χ1n) is 2.21. The van der Waals surface area contributed by atoms with Crippen LogP contribution in [0.3, 0.4) is 0 Å². The minimum Gasteiger partial charge on any atom is -0.0735 e. The minimum atomic E-state index is 0.127. The molecule has 0 nitrogen and oxygen atoms in total. The fraction of sp³-hybridized carbons (Fsp3) is 1.00. The molecule has 0 aliphatic rings. The van der Waals surface area contributed by atoms with Gasteiger partial charge in [0.1, 0.15) is 0 Å². The zero-order valence-corrected chi connectivity index (χ0v) is 6.71. The molecule has 0 saturated carbocycles. The second kappa shape index (κ2) is 3.62. The van der Waals surface area contributed by atoms with Crippen LogP contribution in [0, 0.1) is 0 Å². The Labute approximate surface area is 44.4 Å². The predicted octanol–water partition coefficient (Wildman–Crippen LogP) is 1.45. The molecule has 2 heteroatoms. The van der Waals surface area contributed by atoms with Gasteiger partial charge in [-0.1, -0.05) is 25.3 Å². The zero-order valence-electron chi connectivity index (χ0n) is 4.71. The Bertz CT molecular complexity index is 26.7. The van der Waals surface area contributed by atoms with Gasteiger partial charge in [0.15, 0.2) is 0 Å². The first kappa shape index (κ1) is 6.43. The van der Waals surface area contributed by atoms with Crippen LogP contribution in [0.4, 0.5) is 0 Å². The smallest absolute Gasteiger partial charge is 0.0380 e. The number of hydrogen-bond acceptors (Lipinski definition) is 0. The van der Waals surface area contributed by atoms with Gasteiger partial charge in [0, 0.05) is 18.3 Å². The van der Waals surface area contributed by atoms with Crippen LogP contribution in [0.15, 0.2) is 0 Å². The van der Waals surface area contributed by atoms with E-state index >= 15 is 0 Å². The van der Waals surface area contributed by atoms with Crippen molar-refractivity contribution in [3.63, 3.8) is 0 Å². The molecule has 3 radical (unpaired) electrons. The molecular formula is C4H11Si2. The van der Waals surface area contributed by atoms with Gasteiger partial charge in [0.2, 0.25) is 0 Å². The molecule has 35 valence electrons. The molecule has 0 aromatic rings. The Hall–Kier alpha value is 0.434. The standard InChI is InChI=1S/C4H11Si2/c1-5-4-6(2)3/h4H2,1-3H3. The van der Waals surface area contributed by atoms with Crippen LogP contribution in [-0.2, 0) is 0 Å². The molecule has 0 aromatic heterocycles. The average Bonchev–Trinajstić information content (AvgIpc) is 1.35. The van der Waals surface area contributed by atoms with Gasteiger partial charge < -0.3 is 0 Å². The first-order valence-corrected chi connectivity index (χ1v) is 6.62. The van der Waals surface area contributed by atoms with Crippen molar-refractivity contribution in [3.05, 3.63) is 0 Å². The molecule has 0 N–H and O–H groups in total. The summed E-state index contributed by atoms with van der Waals surface area (Å²) in [5.41, 5.74) is 1.50. The van der Waals surface area contributed by atoms with E-state index in [-0.39, 0.29) is 8.80 Å². The highest BCUT2D eigenvalue weighted by Gasteiger charge is 1.89. The molecule has 0 fully saturated rings. The lowest BCUT2D eigenvalue weighted by atomic mass is 11.8. The quantitative estimate of drug-likeness (QED) is 0.478. The summed E-state index contributed by atoms with van der Waals surface area (Å²) in [6, 6.07) is 0. The van der Waals surface area contributed by atoms with Crippen LogP contribution in [0.2, 0.25) is 25.3 Å². The first-order chi connectivity index (χ1) is 2.77. The Morgan fingerprint density at radius 3 is 2.00 bits per heavy atom. The molecule has 6 heavy (non-hydrogen) atoms.